The van der Waals surface area contributed by atoms with Crippen molar-refractivity contribution in [2.75, 3.05) is 6.54 Å². The fourth-order valence-electron chi connectivity index (χ4n) is 4.95. The van der Waals surface area contributed by atoms with Gasteiger partial charge in [-0.3, -0.25) is 9.59 Å². The van der Waals surface area contributed by atoms with Crippen molar-refractivity contribution in [3.63, 3.8) is 0 Å². The lowest BCUT2D eigenvalue weighted by Crippen LogP contribution is -2.47. The number of hydrogen-bond donors (Lipinski definition) is 2. The maximum atomic E-state index is 12.7. The van der Waals surface area contributed by atoms with Crippen molar-refractivity contribution in [1.82, 2.24) is 20.8 Å². The van der Waals surface area contributed by atoms with Gasteiger partial charge in [0.1, 0.15) is 5.54 Å². The highest BCUT2D eigenvalue weighted by molar-refractivity contribution is 5.82. The highest BCUT2D eigenvalue weighted by Gasteiger charge is 2.40. The number of carbonyl (C=O) groups excluding carboxylic acids is 2. The molecule has 160 valence electrons. The number of rotatable bonds is 7. The van der Waals surface area contributed by atoms with E-state index in [9.17, 15) is 9.59 Å². The Hall–Kier alpha value is -1.92. The molecule has 3 aliphatic carbocycles. The highest BCUT2D eigenvalue weighted by Crippen LogP contribution is 2.38. The summed E-state index contributed by atoms with van der Waals surface area (Å²) in [6.45, 7) is 2.46. The zero-order valence-corrected chi connectivity index (χ0v) is 17.5. The second-order valence-electron chi connectivity index (χ2n) is 9.34. The van der Waals surface area contributed by atoms with E-state index in [4.69, 9.17) is 9.51 Å². The minimum atomic E-state index is -0.539. The van der Waals surface area contributed by atoms with Crippen LogP contribution in [0.4, 0.5) is 0 Å². The third-order valence-electron chi connectivity index (χ3n) is 7.01. The van der Waals surface area contributed by atoms with Crippen LogP contribution in [0.1, 0.15) is 102 Å². The van der Waals surface area contributed by atoms with E-state index in [1.54, 1.807) is 0 Å². The lowest BCUT2D eigenvalue weighted by Gasteiger charge is -2.30. The lowest BCUT2D eigenvalue weighted by molar-refractivity contribution is -0.124. The van der Waals surface area contributed by atoms with Crippen LogP contribution < -0.4 is 10.6 Å². The van der Waals surface area contributed by atoms with E-state index >= 15 is 0 Å². The molecular weight excluding hydrogens is 368 g/mol. The maximum Gasteiger partial charge on any atom is 0.229 e. The summed E-state index contributed by atoms with van der Waals surface area (Å²) in [7, 11) is 0. The predicted molar refractivity (Wildman–Crippen MR) is 108 cm³/mol. The predicted octanol–water partition coefficient (Wildman–Crippen LogP) is 3.56. The normalized spacial score (nSPS) is 26.7. The van der Waals surface area contributed by atoms with Crippen molar-refractivity contribution in [1.29, 1.82) is 0 Å². The molecule has 29 heavy (non-hydrogen) atoms. The molecule has 2 atom stereocenters. The summed E-state index contributed by atoms with van der Waals surface area (Å²) >= 11 is 0. The molecular formula is C22H34N4O3. The highest BCUT2D eigenvalue weighted by atomic mass is 16.5. The Morgan fingerprint density at radius 1 is 1.10 bits per heavy atom. The second-order valence-corrected chi connectivity index (χ2v) is 9.34. The monoisotopic (exact) mass is 402 g/mol. The Morgan fingerprint density at radius 2 is 1.79 bits per heavy atom. The van der Waals surface area contributed by atoms with Gasteiger partial charge in [0, 0.05) is 24.8 Å². The topological polar surface area (TPSA) is 97.1 Å². The van der Waals surface area contributed by atoms with Crippen LogP contribution in [0.5, 0.6) is 0 Å². The number of carbonyl (C=O) groups is 2. The van der Waals surface area contributed by atoms with Gasteiger partial charge >= 0.3 is 0 Å². The Balaban J connectivity index is 1.39. The molecule has 0 aromatic carbocycles. The number of amides is 2. The molecule has 1 aromatic heterocycles. The molecule has 0 saturated heterocycles. The molecule has 0 aliphatic heterocycles. The molecule has 1 aromatic rings. The van der Waals surface area contributed by atoms with Gasteiger partial charge in [-0.1, -0.05) is 50.6 Å². The summed E-state index contributed by atoms with van der Waals surface area (Å²) < 4.78 is 5.64. The summed E-state index contributed by atoms with van der Waals surface area (Å²) in [5, 5.41) is 10.5. The van der Waals surface area contributed by atoms with Crippen LogP contribution in [-0.2, 0) is 15.1 Å². The minimum Gasteiger partial charge on any atom is -0.355 e. The average molecular weight is 403 g/mol. The molecule has 3 saturated carbocycles. The lowest BCUT2D eigenvalue weighted by atomic mass is 9.89. The van der Waals surface area contributed by atoms with E-state index in [0.29, 0.717) is 24.2 Å². The first kappa shape index (κ1) is 20.4. The van der Waals surface area contributed by atoms with Crippen molar-refractivity contribution < 1.29 is 14.1 Å². The third-order valence-corrected chi connectivity index (χ3v) is 7.01. The molecule has 0 radical (unpaired) electrons. The number of nitrogens with zero attached hydrogens (tertiary/aromatic N) is 2. The third kappa shape index (κ3) is 4.81. The van der Waals surface area contributed by atoms with E-state index < -0.39 is 5.54 Å². The van der Waals surface area contributed by atoms with Crippen LogP contribution in [0.15, 0.2) is 4.52 Å². The van der Waals surface area contributed by atoms with Gasteiger partial charge in [-0.05, 0) is 38.0 Å². The Labute approximate surface area is 172 Å². The second kappa shape index (κ2) is 8.84. The van der Waals surface area contributed by atoms with Gasteiger partial charge in [0.2, 0.25) is 17.7 Å². The molecule has 4 rings (SSSR count). The summed E-state index contributed by atoms with van der Waals surface area (Å²) in [5.41, 5.74) is -0.539. The van der Waals surface area contributed by atoms with E-state index in [-0.39, 0.29) is 24.2 Å². The first-order valence-electron chi connectivity index (χ1n) is 11.5. The molecule has 7 nitrogen and oxygen atoms in total. The quantitative estimate of drug-likeness (QED) is 0.680. The Bertz CT molecular complexity index is 717. The van der Waals surface area contributed by atoms with Crippen molar-refractivity contribution >= 4 is 11.8 Å². The van der Waals surface area contributed by atoms with E-state index in [1.807, 2.05) is 0 Å². The van der Waals surface area contributed by atoms with E-state index in [0.717, 1.165) is 50.8 Å². The van der Waals surface area contributed by atoms with Gasteiger partial charge in [0.05, 0.1) is 0 Å². The van der Waals surface area contributed by atoms with Crippen molar-refractivity contribution in [2.24, 2.45) is 11.8 Å². The van der Waals surface area contributed by atoms with Crippen molar-refractivity contribution in [2.45, 2.75) is 95.4 Å². The smallest absolute Gasteiger partial charge is 0.229 e. The summed E-state index contributed by atoms with van der Waals surface area (Å²) in [6.07, 6.45) is 12.0. The molecule has 3 aliphatic rings. The molecule has 7 heteroatoms. The van der Waals surface area contributed by atoms with E-state index in [2.05, 4.69) is 22.7 Å². The van der Waals surface area contributed by atoms with Gasteiger partial charge in [-0.2, -0.15) is 4.98 Å². The van der Waals surface area contributed by atoms with Gasteiger partial charge in [0.15, 0.2) is 5.82 Å². The fourth-order valence-corrected chi connectivity index (χ4v) is 4.95. The zero-order valence-electron chi connectivity index (χ0n) is 17.5. The van der Waals surface area contributed by atoms with Gasteiger partial charge in [-0.15, -0.1) is 0 Å². The standard InChI is InChI=1S/C22H34N4O3/c1-15-14-17(15)19(28)23-13-10-18(27)25-22(11-6-2-3-7-12-22)21-24-20(29-26-21)16-8-4-5-9-16/h15-17H,2-14H2,1H3,(H,23,28)(H,25,27)/t15-,17+/m1/s1. The molecule has 0 unspecified atom stereocenters. The SMILES string of the molecule is C[C@@H]1C[C@@H]1C(=O)NCCC(=O)NC1(c2noc(C3CCCC3)n2)CCCCCC1. The summed E-state index contributed by atoms with van der Waals surface area (Å²) in [6, 6.07) is 0. The van der Waals surface area contributed by atoms with Crippen molar-refractivity contribution in [3.8, 4) is 0 Å². The maximum absolute atomic E-state index is 12.7. The van der Waals surface area contributed by atoms with Gasteiger partial charge in [0.25, 0.3) is 0 Å². The van der Waals surface area contributed by atoms with E-state index in [1.165, 1.54) is 25.7 Å². The number of nitrogens with one attached hydrogen (secondary N) is 2. The zero-order chi connectivity index (χ0) is 20.3. The van der Waals surface area contributed by atoms with Crippen LogP contribution >= 0.6 is 0 Å². The Kier molecular flexibility index (Phi) is 6.20. The largest absolute Gasteiger partial charge is 0.355 e. The first-order valence-corrected chi connectivity index (χ1v) is 11.5. The Morgan fingerprint density at radius 3 is 2.45 bits per heavy atom. The van der Waals surface area contributed by atoms with Crippen LogP contribution in [0.2, 0.25) is 0 Å². The number of aromatic nitrogens is 2. The van der Waals surface area contributed by atoms with Gasteiger partial charge < -0.3 is 15.2 Å². The summed E-state index contributed by atoms with van der Waals surface area (Å²) in [5.74, 6) is 2.39. The molecule has 2 N–H and O–H groups in total. The van der Waals surface area contributed by atoms with Crippen molar-refractivity contribution in [3.05, 3.63) is 11.7 Å². The number of hydrogen-bond acceptors (Lipinski definition) is 5. The average Bonchev–Trinajstić information content (AvgIpc) is 3.09. The first-order chi connectivity index (χ1) is 14.1. The molecule has 2 amide bonds. The summed E-state index contributed by atoms with van der Waals surface area (Å²) in [4.78, 5) is 29.5. The van der Waals surface area contributed by atoms with Crippen LogP contribution in [0, 0.1) is 11.8 Å². The molecule has 0 spiro atoms. The molecule has 1 heterocycles. The fraction of sp³-hybridized carbons (Fsp3) is 0.818. The minimum absolute atomic E-state index is 0.0525. The van der Waals surface area contributed by atoms with Crippen LogP contribution in [0.3, 0.4) is 0 Å². The molecule has 0 bridgehead atoms. The van der Waals surface area contributed by atoms with Gasteiger partial charge in [-0.25, -0.2) is 0 Å². The van der Waals surface area contributed by atoms with Crippen LogP contribution in [0.25, 0.3) is 0 Å². The molecule has 3 fully saturated rings. The van der Waals surface area contributed by atoms with Crippen LogP contribution in [-0.4, -0.2) is 28.5 Å².